The van der Waals surface area contributed by atoms with Crippen molar-refractivity contribution in [2.45, 2.75) is 27.2 Å². The molecular formula is C15H17ClN4. The number of aryl methyl sites for hydroxylation is 2. The highest BCUT2D eigenvalue weighted by atomic mass is 35.5. The molecule has 2 rings (SSSR count). The van der Waals surface area contributed by atoms with Gasteiger partial charge in [0.15, 0.2) is 5.82 Å². The standard InChI is InChI=1S/C15H17ClN4/c1-4-12-5-7-13(8-6-12)10(2)19-20-15-9-14(16)17-11(3)18-15/h5-9H,4H2,1-3H3,(H,17,18,20)/b19-10-. The van der Waals surface area contributed by atoms with E-state index in [1.54, 1.807) is 13.0 Å². The van der Waals surface area contributed by atoms with Crippen molar-refractivity contribution >= 4 is 23.1 Å². The molecule has 0 amide bonds. The second kappa shape index (κ2) is 6.48. The van der Waals surface area contributed by atoms with Gasteiger partial charge in [0.2, 0.25) is 0 Å². The Kier molecular flexibility index (Phi) is 4.69. The lowest BCUT2D eigenvalue weighted by molar-refractivity contribution is 1.04. The van der Waals surface area contributed by atoms with E-state index in [0.29, 0.717) is 16.8 Å². The van der Waals surface area contributed by atoms with Crippen molar-refractivity contribution in [1.29, 1.82) is 0 Å². The highest BCUT2D eigenvalue weighted by Crippen LogP contribution is 2.12. The molecule has 0 saturated heterocycles. The second-order valence-corrected chi connectivity index (χ2v) is 4.87. The zero-order chi connectivity index (χ0) is 14.5. The van der Waals surface area contributed by atoms with Gasteiger partial charge in [-0.1, -0.05) is 42.8 Å². The van der Waals surface area contributed by atoms with Crippen LogP contribution in [0, 0.1) is 6.92 Å². The molecule has 1 heterocycles. The predicted octanol–water partition coefficient (Wildman–Crippen LogP) is 3.84. The van der Waals surface area contributed by atoms with Crippen molar-refractivity contribution < 1.29 is 0 Å². The molecule has 0 saturated carbocycles. The van der Waals surface area contributed by atoms with Gasteiger partial charge in [-0.2, -0.15) is 5.10 Å². The van der Waals surface area contributed by atoms with Crippen LogP contribution in [0.15, 0.2) is 35.4 Å². The number of nitrogens with one attached hydrogen (secondary N) is 1. The minimum atomic E-state index is 0.403. The molecule has 2 aromatic rings. The Balaban J connectivity index is 2.13. The summed E-state index contributed by atoms with van der Waals surface area (Å²) in [5.41, 5.74) is 6.18. The fraction of sp³-hybridized carbons (Fsp3) is 0.267. The first-order valence-electron chi connectivity index (χ1n) is 6.49. The first kappa shape index (κ1) is 14.5. The second-order valence-electron chi connectivity index (χ2n) is 4.48. The fourth-order valence-electron chi connectivity index (χ4n) is 1.78. The lowest BCUT2D eigenvalue weighted by Gasteiger charge is -2.05. The van der Waals surface area contributed by atoms with Gasteiger partial charge >= 0.3 is 0 Å². The summed E-state index contributed by atoms with van der Waals surface area (Å²) < 4.78 is 0. The van der Waals surface area contributed by atoms with E-state index in [0.717, 1.165) is 17.7 Å². The molecule has 0 unspecified atom stereocenters. The van der Waals surface area contributed by atoms with Crippen molar-refractivity contribution in [1.82, 2.24) is 9.97 Å². The molecule has 0 fully saturated rings. The van der Waals surface area contributed by atoms with Crippen molar-refractivity contribution in [3.05, 3.63) is 52.4 Å². The summed E-state index contributed by atoms with van der Waals surface area (Å²) in [6, 6.07) is 10.0. The van der Waals surface area contributed by atoms with Gasteiger partial charge < -0.3 is 0 Å². The molecule has 0 radical (unpaired) electrons. The van der Waals surface area contributed by atoms with E-state index in [1.165, 1.54) is 5.56 Å². The molecule has 1 aromatic heterocycles. The van der Waals surface area contributed by atoms with Crippen LogP contribution in [0.5, 0.6) is 0 Å². The minimum Gasteiger partial charge on any atom is -0.261 e. The molecule has 0 atom stereocenters. The summed E-state index contributed by atoms with van der Waals surface area (Å²) in [6.07, 6.45) is 1.04. The molecule has 0 aliphatic carbocycles. The third-order valence-corrected chi connectivity index (χ3v) is 3.12. The van der Waals surface area contributed by atoms with Gasteiger partial charge in [-0.15, -0.1) is 0 Å². The quantitative estimate of drug-likeness (QED) is 0.528. The molecule has 0 bridgehead atoms. The van der Waals surface area contributed by atoms with Gasteiger partial charge in [-0.25, -0.2) is 9.97 Å². The van der Waals surface area contributed by atoms with Crippen LogP contribution in [0.25, 0.3) is 0 Å². The first-order chi connectivity index (χ1) is 9.58. The minimum absolute atomic E-state index is 0.403. The SMILES string of the molecule is CCc1ccc(/C(C)=N\Nc2cc(Cl)nc(C)n2)cc1. The van der Waals surface area contributed by atoms with E-state index in [4.69, 9.17) is 11.6 Å². The summed E-state index contributed by atoms with van der Waals surface area (Å²) in [4.78, 5) is 8.22. The average Bonchev–Trinajstić information content (AvgIpc) is 2.44. The normalized spacial score (nSPS) is 11.5. The van der Waals surface area contributed by atoms with Crippen molar-refractivity contribution in [3.63, 3.8) is 0 Å². The van der Waals surface area contributed by atoms with Gasteiger partial charge in [0.25, 0.3) is 0 Å². The lowest BCUT2D eigenvalue weighted by atomic mass is 10.1. The summed E-state index contributed by atoms with van der Waals surface area (Å²) in [6.45, 7) is 5.87. The molecule has 1 aromatic carbocycles. The topological polar surface area (TPSA) is 50.2 Å². The highest BCUT2D eigenvalue weighted by molar-refractivity contribution is 6.29. The van der Waals surface area contributed by atoms with Crippen LogP contribution < -0.4 is 5.43 Å². The summed E-state index contributed by atoms with van der Waals surface area (Å²) in [5.74, 6) is 1.20. The van der Waals surface area contributed by atoms with E-state index in [9.17, 15) is 0 Å². The van der Waals surface area contributed by atoms with Crippen LogP contribution in [-0.4, -0.2) is 15.7 Å². The molecule has 20 heavy (non-hydrogen) atoms. The Labute approximate surface area is 123 Å². The number of hydrogen-bond acceptors (Lipinski definition) is 4. The van der Waals surface area contributed by atoms with E-state index < -0.39 is 0 Å². The molecule has 5 heteroatoms. The molecule has 4 nitrogen and oxygen atoms in total. The molecule has 1 N–H and O–H groups in total. The predicted molar refractivity (Wildman–Crippen MR) is 83.4 cm³/mol. The van der Waals surface area contributed by atoms with Gasteiger partial charge in [0, 0.05) is 6.07 Å². The molecule has 0 spiro atoms. The van der Waals surface area contributed by atoms with Crippen molar-refractivity contribution in [2.24, 2.45) is 5.10 Å². The van der Waals surface area contributed by atoms with E-state index in [2.05, 4.69) is 51.7 Å². The smallest absolute Gasteiger partial charge is 0.151 e. The number of aromatic nitrogens is 2. The van der Waals surface area contributed by atoms with Gasteiger partial charge in [-0.05, 0) is 31.4 Å². The number of anilines is 1. The van der Waals surface area contributed by atoms with Crippen molar-refractivity contribution in [2.75, 3.05) is 5.43 Å². The zero-order valence-corrected chi connectivity index (χ0v) is 12.6. The molecule has 104 valence electrons. The van der Waals surface area contributed by atoms with E-state index in [1.807, 2.05) is 6.92 Å². The third kappa shape index (κ3) is 3.78. The Hall–Kier alpha value is -1.94. The van der Waals surface area contributed by atoms with Crippen LogP contribution in [0.2, 0.25) is 5.15 Å². The Morgan fingerprint density at radius 1 is 1.25 bits per heavy atom. The third-order valence-electron chi connectivity index (χ3n) is 2.92. The Morgan fingerprint density at radius 2 is 1.95 bits per heavy atom. The lowest BCUT2D eigenvalue weighted by Crippen LogP contribution is -2.02. The van der Waals surface area contributed by atoms with Crippen LogP contribution in [-0.2, 0) is 6.42 Å². The highest BCUT2D eigenvalue weighted by Gasteiger charge is 2.00. The first-order valence-corrected chi connectivity index (χ1v) is 6.87. The summed E-state index contributed by atoms with van der Waals surface area (Å²) >= 11 is 5.88. The molecular weight excluding hydrogens is 272 g/mol. The van der Waals surface area contributed by atoms with E-state index >= 15 is 0 Å². The number of rotatable bonds is 4. The average molecular weight is 289 g/mol. The fourth-order valence-corrected chi connectivity index (χ4v) is 2.00. The van der Waals surface area contributed by atoms with Gasteiger partial charge in [0.1, 0.15) is 11.0 Å². The largest absolute Gasteiger partial charge is 0.261 e. The number of halogens is 1. The maximum Gasteiger partial charge on any atom is 0.151 e. The molecule has 0 aliphatic heterocycles. The maximum absolute atomic E-state index is 5.88. The Morgan fingerprint density at radius 3 is 2.55 bits per heavy atom. The number of hydrogen-bond donors (Lipinski definition) is 1. The summed E-state index contributed by atoms with van der Waals surface area (Å²) in [7, 11) is 0. The zero-order valence-electron chi connectivity index (χ0n) is 11.8. The maximum atomic E-state index is 5.88. The van der Waals surface area contributed by atoms with E-state index in [-0.39, 0.29) is 0 Å². The molecule has 0 aliphatic rings. The van der Waals surface area contributed by atoms with Gasteiger partial charge in [0.05, 0.1) is 5.71 Å². The monoisotopic (exact) mass is 288 g/mol. The van der Waals surface area contributed by atoms with Gasteiger partial charge in [-0.3, -0.25) is 5.43 Å². The van der Waals surface area contributed by atoms with Crippen molar-refractivity contribution in [3.8, 4) is 0 Å². The number of benzene rings is 1. The van der Waals surface area contributed by atoms with Crippen LogP contribution in [0.1, 0.15) is 30.8 Å². The summed E-state index contributed by atoms with van der Waals surface area (Å²) in [5, 5.41) is 4.72. The number of nitrogens with zero attached hydrogens (tertiary/aromatic N) is 3. The number of hydrazone groups is 1. The van der Waals surface area contributed by atoms with Crippen LogP contribution in [0.3, 0.4) is 0 Å². The van der Waals surface area contributed by atoms with Crippen LogP contribution >= 0.6 is 11.6 Å². The Bertz CT molecular complexity index is 600. The van der Waals surface area contributed by atoms with Crippen LogP contribution in [0.4, 0.5) is 5.82 Å².